The van der Waals surface area contributed by atoms with Gasteiger partial charge in [0.15, 0.2) is 0 Å². The third kappa shape index (κ3) is 6.17. The summed E-state index contributed by atoms with van der Waals surface area (Å²) in [7, 11) is 0. The van der Waals surface area contributed by atoms with Gasteiger partial charge in [0.05, 0.1) is 5.92 Å². The maximum Gasteiger partial charge on any atom is 0.249 e. The van der Waals surface area contributed by atoms with Gasteiger partial charge in [-0.05, 0) is 29.2 Å². The molecule has 8 heteroatoms. The summed E-state index contributed by atoms with van der Waals surface area (Å²) >= 11 is 7.34. The van der Waals surface area contributed by atoms with Gasteiger partial charge in [0, 0.05) is 10.6 Å². The summed E-state index contributed by atoms with van der Waals surface area (Å²) in [5.74, 6) is -1.19. The van der Waals surface area contributed by atoms with E-state index < -0.39 is 12.0 Å². The van der Waals surface area contributed by atoms with Crippen LogP contribution in [0.5, 0.6) is 0 Å². The minimum absolute atomic E-state index is 0.0959. The Balaban J connectivity index is 1.54. The normalized spacial score (nSPS) is 12.7. The number of carbonyl (C=O) groups excluding carboxylic acids is 2. The van der Waals surface area contributed by atoms with Crippen LogP contribution in [0.25, 0.3) is 10.6 Å². The van der Waals surface area contributed by atoms with Gasteiger partial charge in [0.2, 0.25) is 16.9 Å². The van der Waals surface area contributed by atoms with Crippen LogP contribution in [0.15, 0.2) is 84.9 Å². The van der Waals surface area contributed by atoms with Gasteiger partial charge >= 0.3 is 0 Å². The minimum atomic E-state index is -0.740. The Kier molecular flexibility index (Phi) is 8.46. The number of carbonyl (C=O) groups is 2. The van der Waals surface area contributed by atoms with Gasteiger partial charge in [0.25, 0.3) is 0 Å². The lowest BCUT2D eigenvalue weighted by molar-refractivity contribution is -0.128. The molecule has 0 radical (unpaired) electrons. The van der Waals surface area contributed by atoms with Crippen molar-refractivity contribution in [2.45, 2.75) is 32.2 Å². The van der Waals surface area contributed by atoms with E-state index in [0.29, 0.717) is 21.6 Å². The summed E-state index contributed by atoms with van der Waals surface area (Å²) in [5, 5.41) is 15.8. The molecule has 3 aromatic carbocycles. The molecule has 2 N–H and O–H groups in total. The topological polar surface area (TPSA) is 84.0 Å². The number of rotatable bonds is 9. The second kappa shape index (κ2) is 11.9. The van der Waals surface area contributed by atoms with E-state index in [2.05, 4.69) is 20.8 Å². The number of hydrogen-bond acceptors (Lipinski definition) is 5. The minimum Gasteiger partial charge on any atom is -0.343 e. The molecule has 2 unspecified atom stereocenters. The zero-order valence-electron chi connectivity index (χ0n) is 20.0. The molecule has 0 bridgehead atoms. The monoisotopic (exact) mass is 518 g/mol. The molecular formula is C28H27ClN4O2S. The van der Waals surface area contributed by atoms with Gasteiger partial charge in [-0.15, -0.1) is 10.2 Å². The van der Waals surface area contributed by atoms with Crippen LogP contribution < -0.4 is 10.6 Å². The van der Waals surface area contributed by atoms with Crippen LogP contribution in [0, 0.1) is 5.92 Å². The van der Waals surface area contributed by atoms with Crippen molar-refractivity contribution < 1.29 is 9.59 Å². The lowest BCUT2D eigenvalue weighted by atomic mass is 9.89. The molecule has 0 aliphatic rings. The van der Waals surface area contributed by atoms with E-state index >= 15 is 0 Å². The molecule has 1 aromatic heterocycles. The van der Waals surface area contributed by atoms with Gasteiger partial charge in [-0.1, -0.05) is 116 Å². The molecule has 6 nitrogen and oxygen atoms in total. The number of amides is 2. The number of benzene rings is 3. The van der Waals surface area contributed by atoms with E-state index in [-0.39, 0.29) is 17.7 Å². The fourth-order valence-corrected chi connectivity index (χ4v) is 4.85. The molecule has 0 aliphatic heterocycles. The second-order valence-corrected chi connectivity index (χ2v) is 9.95. The number of nitrogens with zero attached hydrogens (tertiary/aromatic N) is 2. The molecule has 0 saturated carbocycles. The summed E-state index contributed by atoms with van der Waals surface area (Å²) < 4.78 is 0. The molecule has 2 amide bonds. The molecule has 0 spiro atoms. The Morgan fingerprint density at radius 1 is 0.889 bits per heavy atom. The van der Waals surface area contributed by atoms with E-state index in [1.807, 2.05) is 86.6 Å². The summed E-state index contributed by atoms with van der Waals surface area (Å²) in [6.45, 7) is 3.94. The van der Waals surface area contributed by atoms with Crippen molar-refractivity contribution in [1.82, 2.24) is 15.5 Å². The van der Waals surface area contributed by atoms with E-state index in [1.54, 1.807) is 12.1 Å². The van der Waals surface area contributed by atoms with Crippen molar-refractivity contribution in [2.24, 2.45) is 5.92 Å². The van der Waals surface area contributed by atoms with Crippen LogP contribution in [0.4, 0.5) is 5.13 Å². The largest absolute Gasteiger partial charge is 0.343 e. The maximum atomic E-state index is 13.6. The predicted molar refractivity (Wildman–Crippen MR) is 145 cm³/mol. The van der Waals surface area contributed by atoms with Crippen LogP contribution in [-0.4, -0.2) is 28.1 Å². The zero-order chi connectivity index (χ0) is 25.5. The van der Waals surface area contributed by atoms with E-state index in [4.69, 9.17) is 11.6 Å². The van der Waals surface area contributed by atoms with Crippen LogP contribution in [0.3, 0.4) is 0 Å². The number of hydrogen-bond donors (Lipinski definition) is 2. The average molecular weight is 519 g/mol. The fourth-order valence-electron chi connectivity index (χ4n) is 3.92. The summed E-state index contributed by atoms with van der Waals surface area (Å²) in [6.07, 6.45) is 0.712. The molecular weight excluding hydrogens is 492 g/mol. The van der Waals surface area contributed by atoms with E-state index in [1.165, 1.54) is 11.3 Å². The second-order valence-electron chi connectivity index (χ2n) is 8.54. The highest BCUT2D eigenvalue weighted by Crippen LogP contribution is 2.29. The molecule has 4 aromatic rings. The number of nitrogens with one attached hydrogen (secondary N) is 2. The van der Waals surface area contributed by atoms with Crippen molar-refractivity contribution >= 4 is 39.9 Å². The van der Waals surface area contributed by atoms with Crippen LogP contribution in [-0.2, 0) is 9.59 Å². The Morgan fingerprint density at radius 2 is 1.53 bits per heavy atom. The molecule has 0 aliphatic carbocycles. The van der Waals surface area contributed by atoms with Crippen LogP contribution >= 0.6 is 22.9 Å². The van der Waals surface area contributed by atoms with E-state index in [0.717, 1.165) is 16.7 Å². The number of aromatic nitrogens is 2. The molecule has 36 heavy (non-hydrogen) atoms. The molecule has 4 rings (SSSR count). The van der Waals surface area contributed by atoms with Gasteiger partial charge in [-0.25, -0.2) is 0 Å². The van der Waals surface area contributed by atoms with Crippen molar-refractivity contribution in [1.29, 1.82) is 0 Å². The first-order valence-electron chi connectivity index (χ1n) is 11.8. The molecule has 0 fully saturated rings. The zero-order valence-corrected chi connectivity index (χ0v) is 21.6. The number of halogens is 1. The first-order valence-corrected chi connectivity index (χ1v) is 13.0. The molecule has 0 saturated heterocycles. The van der Waals surface area contributed by atoms with Gasteiger partial charge < -0.3 is 5.32 Å². The molecule has 184 valence electrons. The third-order valence-electron chi connectivity index (χ3n) is 6.05. The lowest BCUT2D eigenvalue weighted by Crippen LogP contribution is -2.49. The Hall–Kier alpha value is -3.55. The van der Waals surface area contributed by atoms with Crippen LogP contribution in [0.2, 0.25) is 5.02 Å². The summed E-state index contributed by atoms with van der Waals surface area (Å²) in [4.78, 5) is 27.0. The summed E-state index contributed by atoms with van der Waals surface area (Å²) in [6, 6.07) is 25.7. The Bertz CT molecular complexity index is 1270. The molecule has 1 heterocycles. The van der Waals surface area contributed by atoms with Gasteiger partial charge in [-0.2, -0.15) is 0 Å². The quantitative estimate of drug-likeness (QED) is 0.278. The first-order chi connectivity index (χ1) is 17.5. The third-order valence-corrected chi connectivity index (χ3v) is 7.17. The predicted octanol–water partition coefficient (Wildman–Crippen LogP) is 6.16. The average Bonchev–Trinajstić information content (AvgIpc) is 3.36. The first kappa shape index (κ1) is 25.5. The maximum absolute atomic E-state index is 13.6. The lowest BCUT2D eigenvalue weighted by Gasteiger charge is -2.26. The van der Waals surface area contributed by atoms with E-state index in [9.17, 15) is 9.59 Å². The highest BCUT2D eigenvalue weighted by atomic mass is 35.5. The standard InChI is InChI=1S/C28H27ClN4O2S/c1-3-18(2)24(26(35)31-28-33-32-27(36-28)21-15-10-16-22(29)17-21)30-25(34)23(19-11-6-4-7-12-19)20-13-8-5-9-14-20/h4-18,23-24H,3H2,1-2H3,(H,30,34)(H,31,33,35). The Labute approximate surface area is 219 Å². The summed E-state index contributed by atoms with van der Waals surface area (Å²) in [5.41, 5.74) is 2.54. The molecule has 2 atom stereocenters. The van der Waals surface area contributed by atoms with Crippen molar-refractivity contribution in [2.75, 3.05) is 5.32 Å². The number of anilines is 1. The SMILES string of the molecule is CCC(C)C(NC(=O)C(c1ccccc1)c1ccccc1)C(=O)Nc1nnc(-c2cccc(Cl)c2)s1. The van der Waals surface area contributed by atoms with Crippen molar-refractivity contribution in [3.8, 4) is 10.6 Å². The van der Waals surface area contributed by atoms with Gasteiger partial charge in [-0.3, -0.25) is 14.9 Å². The fraction of sp³-hybridized carbons (Fsp3) is 0.214. The highest BCUT2D eigenvalue weighted by Gasteiger charge is 2.31. The Morgan fingerprint density at radius 3 is 2.11 bits per heavy atom. The van der Waals surface area contributed by atoms with Gasteiger partial charge in [0.1, 0.15) is 11.0 Å². The smallest absolute Gasteiger partial charge is 0.249 e. The highest BCUT2D eigenvalue weighted by molar-refractivity contribution is 7.18. The van der Waals surface area contributed by atoms with Crippen molar-refractivity contribution in [3.05, 3.63) is 101 Å². The van der Waals surface area contributed by atoms with Crippen molar-refractivity contribution in [3.63, 3.8) is 0 Å². The van der Waals surface area contributed by atoms with Crippen LogP contribution in [0.1, 0.15) is 37.3 Å².